The molecule has 0 rings (SSSR count). The minimum Gasteiger partial charge on any atom is -0.0654 e. The molecule has 0 amide bonds. The highest BCUT2D eigenvalue weighted by molar-refractivity contribution is 7.41. The van der Waals surface area contributed by atoms with Crippen molar-refractivity contribution in [3.8, 4) is 0 Å². The number of hydrogen-bond acceptors (Lipinski definition) is 0. The second-order valence-electron chi connectivity index (χ2n) is 7.57. The summed E-state index contributed by atoms with van der Waals surface area (Å²) in [6.45, 7) is 6.96. The van der Waals surface area contributed by atoms with Crippen LogP contribution in [0.5, 0.6) is 0 Å². The molecule has 24 heavy (non-hydrogen) atoms. The van der Waals surface area contributed by atoms with E-state index in [1.165, 1.54) is 96.3 Å². The highest BCUT2D eigenvalue weighted by atomic mass is 29.6. The van der Waals surface area contributed by atoms with E-state index in [1.807, 2.05) is 0 Å². The Hall–Kier alpha value is 0.651. The maximum atomic E-state index is 4.28. The molecule has 0 aliphatic rings. The summed E-state index contributed by atoms with van der Waals surface area (Å²) >= 11 is 0. The van der Waals surface area contributed by atoms with E-state index in [9.17, 15) is 0 Å². The SMILES string of the molecule is CCCCCCC[Si]([Si])[Si](CCCCCCC)CCCCCCC. The number of unbranched alkanes of at least 4 members (excludes halogenated alkanes) is 12. The van der Waals surface area contributed by atoms with Crippen LogP contribution in [0.4, 0.5) is 0 Å². The lowest BCUT2D eigenvalue weighted by Crippen LogP contribution is -2.36. The zero-order valence-electron chi connectivity index (χ0n) is 17.2. The summed E-state index contributed by atoms with van der Waals surface area (Å²) < 4.78 is 0. The summed E-state index contributed by atoms with van der Waals surface area (Å²) in [7, 11) is 4.02. The Balaban J connectivity index is 3.98. The summed E-state index contributed by atoms with van der Waals surface area (Å²) in [5.74, 6) is 0. The summed E-state index contributed by atoms with van der Waals surface area (Å²) in [6.07, 6.45) is 21.9. The lowest BCUT2D eigenvalue weighted by atomic mass is 10.2. The molecule has 0 unspecified atom stereocenters. The monoisotopic (exact) mass is 381 g/mol. The number of rotatable bonds is 19. The van der Waals surface area contributed by atoms with Gasteiger partial charge in [-0.1, -0.05) is 135 Å². The fourth-order valence-corrected chi connectivity index (χ4v) is 13.8. The fourth-order valence-electron chi connectivity index (χ4n) is 3.39. The third-order valence-corrected chi connectivity index (χ3v) is 17.5. The summed E-state index contributed by atoms with van der Waals surface area (Å²) in [5.41, 5.74) is 0. The molecule has 0 saturated heterocycles. The van der Waals surface area contributed by atoms with E-state index in [0.29, 0.717) is 0 Å². The largest absolute Gasteiger partial charge is 0.0654 e. The van der Waals surface area contributed by atoms with E-state index in [1.54, 1.807) is 18.1 Å². The van der Waals surface area contributed by atoms with Gasteiger partial charge in [0, 0.05) is 25.9 Å². The first-order valence-electron chi connectivity index (χ1n) is 11.2. The molecular weight excluding hydrogens is 336 g/mol. The molecule has 0 aromatic carbocycles. The van der Waals surface area contributed by atoms with Crippen molar-refractivity contribution < 1.29 is 0 Å². The summed E-state index contributed by atoms with van der Waals surface area (Å²) in [4.78, 5) is 0. The van der Waals surface area contributed by atoms with Crippen LogP contribution >= 0.6 is 0 Å². The summed E-state index contributed by atoms with van der Waals surface area (Å²) in [6, 6.07) is 4.76. The van der Waals surface area contributed by atoms with Crippen molar-refractivity contribution in [3.63, 3.8) is 0 Å². The Morgan fingerprint density at radius 3 is 1.17 bits per heavy atom. The topological polar surface area (TPSA) is 0 Å². The molecule has 5 radical (unpaired) electrons. The maximum absolute atomic E-state index is 4.28. The molecule has 0 saturated carbocycles. The molecule has 0 bridgehead atoms. The smallest absolute Gasteiger partial charge is 0.0339 e. The van der Waals surface area contributed by atoms with E-state index < -0.39 is 0 Å². The van der Waals surface area contributed by atoms with Gasteiger partial charge in [0.15, 0.2) is 0 Å². The van der Waals surface area contributed by atoms with E-state index in [4.69, 9.17) is 0 Å². The minimum absolute atomic E-state index is 0.0735. The van der Waals surface area contributed by atoms with E-state index >= 15 is 0 Å². The van der Waals surface area contributed by atoms with E-state index in [0.717, 1.165) is 0 Å². The number of hydrogen-bond donors (Lipinski definition) is 0. The molecule has 0 aromatic heterocycles. The van der Waals surface area contributed by atoms with Crippen molar-refractivity contribution in [2.24, 2.45) is 0 Å². The second kappa shape index (κ2) is 20.0. The molecule has 0 N–H and O–H groups in total. The molecule has 0 atom stereocenters. The zero-order valence-corrected chi connectivity index (χ0v) is 20.2. The van der Waals surface area contributed by atoms with Gasteiger partial charge in [0.05, 0.1) is 0 Å². The molecule has 0 aliphatic carbocycles. The molecule has 0 fully saturated rings. The van der Waals surface area contributed by atoms with Gasteiger partial charge in [0.2, 0.25) is 0 Å². The van der Waals surface area contributed by atoms with Crippen LogP contribution < -0.4 is 0 Å². The van der Waals surface area contributed by atoms with Crippen LogP contribution in [-0.4, -0.2) is 25.9 Å². The van der Waals surface area contributed by atoms with Crippen LogP contribution in [0.15, 0.2) is 0 Å². The van der Waals surface area contributed by atoms with Gasteiger partial charge in [-0.3, -0.25) is 0 Å². The van der Waals surface area contributed by atoms with E-state index in [-0.39, 0.29) is 16.1 Å². The van der Waals surface area contributed by atoms with Crippen LogP contribution in [0.3, 0.4) is 0 Å². The molecule has 141 valence electrons. The van der Waals surface area contributed by atoms with Crippen molar-refractivity contribution in [2.45, 2.75) is 135 Å². The van der Waals surface area contributed by atoms with Gasteiger partial charge in [-0.2, -0.15) is 0 Å². The average Bonchev–Trinajstić information content (AvgIpc) is 2.59. The molecule has 0 nitrogen and oxygen atoms in total. The standard InChI is InChI=1S/C21H45Si3/c1-4-7-10-13-16-19-23(20-17-14-11-8-5-2)24(22)21-18-15-12-9-6-3/h4-21H2,1-3H3. The quantitative estimate of drug-likeness (QED) is 0.159. The van der Waals surface area contributed by atoms with E-state index in [2.05, 4.69) is 30.5 Å². The highest BCUT2D eigenvalue weighted by Crippen LogP contribution is 2.18. The van der Waals surface area contributed by atoms with Crippen LogP contribution in [0.2, 0.25) is 18.1 Å². The summed E-state index contributed by atoms with van der Waals surface area (Å²) in [5, 5.41) is 0. The maximum Gasteiger partial charge on any atom is 0.0339 e. The molecule has 3 heteroatoms. The van der Waals surface area contributed by atoms with Crippen LogP contribution in [0.25, 0.3) is 0 Å². The predicted octanol–water partition coefficient (Wildman–Crippen LogP) is 7.63. The third-order valence-electron chi connectivity index (χ3n) is 5.12. The third kappa shape index (κ3) is 16.1. The van der Waals surface area contributed by atoms with Crippen molar-refractivity contribution in [3.05, 3.63) is 0 Å². The Morgan fingerprint density at radius 1 is 0.458 bits per heavy atom. The first-order valence-corrected chi connectivity index (χ1v) is 17.3. The highest BCUT2D eigenvalue weighted by Gasteiger charge is 2.19. The normalized spacial score (nSPS) is 11.8. The van der Waals surface area contributed by atoms with Gasteiger partial charge in [0.25, 0.3) is 0 Å². The van der Waals surface area contributed by atoms with Gasteiger partial charge in [-0.05, 0) is 0 Å². The molecule has 0 aromatic rings. The average molecular weight is 382 g/mol. The minimum atomic E-state index is -0.193. The second-order valence-corrected chi connectivity index (χ2v) is 18.5. The van der Waals surface area contributed by atoms with Crippen molar-refractivity contribution in [2.75, 3.05) is 0 Å². The Labute approximate surface area is 161 Å². The first kappa shape index (κ1) is 24.7. The van der Waals surface area contributed by atoms with Gasteiger partial charge in [-0.15, -0.1) is 0 Å². The Bertz CT molecular complexity index is 219. The van der Waals surface area contributed by atoms with Gasteiger partial charge in [-0.25, -0.2) is 0 Å². The lowest BCUT2D eigenvalue weighted by molar-refractivity contribution is 0.646. The van der Waals surface area contributed by atoms with Crippen LogP contribution in [0, 0.1) is 0 Å². The fraction of sp³-hybridized carbons (Fsp3) is 1.00. The van der Waals surface area contributed by atoms with Crippen molar-refractivity contribution >= 4 is 25.9 Å². The van der Waals surface area contributed by atoms with Crippen molar-refractivity contribution in [1.29, 1.82) is 0 Å². The molecule has 0 heterocycles. The molecule has 0 aliphatic heterocycles. The first-order chi connectivity index (χ1) is 11.8. The lowest BCUT2D eigenvalue weighted by Gasteiger charge is -2.21. The van der Waals surface area contributed by atoms with Crippen LogP contribution in [-0.2, 0) is 0 Å². The van der Waals surface area contributed by atoms with Gasteiger partial charge >= 0.3 is 0 Å². The Kier molecular flexibility index (Phi) is 20.5. The van der Waals surface area contributed by atoms with Gasteiger partial charge in [0.1, 0.15) is 0 Å². The van der Waals surface area contributed by atoms with Gasteiger partial charge < -0.3 is 0 Å². The molecular formula is C21H45Si3. The van der Waals surface area contributed by atoms with Crippen LogP contribution in [0.1, 0.15) is 117 Å². The predicted molar refractivity (Wildman–Crippen MR) is 118 cm³/mol. The Morgan fingerprint density at radius 2 is 0.792 bits per heavy atom. The molecule has 0 spiro atoms. The zero-order chi connectivity index (χ0) is 17.9. The van der Waals surface area contributed by atoms with Crippen molar-refractivity contribution in [1.82, 2.24) is 0 Å².